The number of rotatable bonds is 3. The van der Waals surface area contributed by atoms with Crippen molar-refractivity contribution < 1.29 is 10.0 Å². The molecule has 0 saturated carbocycles. The third kappa shape index (κ3) is 3.35. The molecule has 7 heteroatoms. The van der Waals surface area contributed by atoms with Gasteiger partial charge >= 0.3 is 0 Å². The summed E-state index contributed by atoms with van der Waals surface area (Å²) in [6.45, 7) is 0. The van der Waals surface area contributed by atoms with E-state index < -0.39 is 4.92 Å². The Morgan fingerprint density at radius 3 is 2.68 bits per heavy atom. The second-order valence-corrected chi connectivity index (χ2v) is 4.53. The zero-order chi connectivity index (χ0) is 13.8. The SMILES string of the molecule is O=[N+]([O-])c1cccc(N=Nc2cc(Br)ccc2O)c1. The molecule has 0 radical (unpaired) electrons. The third-order valence-electron chi connectivity index (χ3n) is 2.25. The molecule has 96 valence electrons. The van der Waals surface area contributed by atoms with Crippen LogP contribution in [0.15, 0.2) is 57.2 Å². The van der Waals surface area contributed by atoms with Crippen LogP contribution in [-0.4, -0.2) is 10.0 Å². The molecule has 0 heterocycles. The predicted molar refractivity (Wildman–Crippen MR) is 73.1 cm³/mol. The van der Waals surface area contributed by atoms with Crippen LogP contribution in [0.5, 0.6) is 5.75 Å². The van der Waals surface area contributed by atoms with Crippen LogP contribution in [0.4, 0.5) is 17.1 Å². The monoisotopic (exact) mass is 321 g/mol. The fourth-order valence-electron chi connectivity index (χ4n) is 1.36. The first-order valence-electron chi connectivity index (χ1n) is 5.21. The van der Waals surface area contributed by atoms with E-state index in [2.05, 4.69) is 26.2 Å². The number of azo groups is 1. The Labute approximate surface area is 116 Å². The van der Waals surface area contributed by atoms with Crippen molar-refractivity contribution in [3.63, 3.8) is 0 Å². The molecule has 19 heavy (non-hydrogen) atoms. The highest BCUT2D eigenvalue weighted by atomic mass is 79.9. The molecule has 2 aromatic rings. The number of nitrogens with zero attached hydrogens (tertiary/aromatic N) is 3. The van der Waals surface area contributed by atoms with Crippen LogP contribution in [0.3, 0.4) is 0 Å². The van der Waals surface area contributed by atoms with Gasteiger partial charge < -0.3 is 5.11 Å². The second kappa shape index (κ2) is 5.57. The van der Waals surface area contributed by atoms with Crippen LogP contribution in [0.25, 0.3) is 0 Å². The Bertz CT molecular complexity index is 658. The van der Waals surface area contributed by atoms with E-state index in [1.54, 1.807) is 18.2 Å². The van der Waals surface area contributed by atoms with Crippen molar-refractivity contribution in [1.29, 1.82) is 0 Å². The van der Waals surface area contributed by atoms with Crippen LogP contribution >= 0.6 is 15.9 Å². The van der Waals surface area contributed by atoms with Crippen molar-refractivity contribution in [2.75, 3.05) is 0 Å². The number of hydrogen-bond donors (Lipinski definition) is 1. The van der Waals surface area contributed by atoms with Crippen LogP contribution in [-0.2, 0) is 0 Å². The summed E-state index contributed by atoms with van der Waals surface area (Å²) in [5.74, 6) is -0.0163. The summed E-state index contributed by atoms with van der Waals surface area (Å²) in [5.41, 5.74) is 0.560. The van der Waals surface area contributed by atoms with Gasteiger partial charge in [0, 0.05) is 16.6 Å². The average molecular weight is 322 g/mol. The minimum atomic E-state index is -0.504. The molecule has 0 amide bonds. The lowest BCUT2D eigenvalue weighted by atomic mass is 10.3. The molecule has 1 N–H and O–H groups in total. The van der Waals surface area contributed by atoms with E-state index in [-0.39, 0.29) is 17.1 Å². The summed E-state index contributed by atoms with van der Waals surface area (Å²) in [6, 6.07) is 10.5. The third-order valence-corrected chi connectivity index (χ3v) is 2.74. The Balaban J connectivity index is 2.30. The summed E-state index contributed by atoms with van der Waals surface area (Å²) in [4.78, 5) is 10.1. The van der Waals surface area contributed by atoms with Crippen molar-refractivity contribution in [1.82, 2.24) is 0 Å². The van der Waals surface area contributed by atoms with E-state index in [9.17, 15) is 15.2 Å². The minimum absolute atomic E-state index is 0.0163. The predicted octanol–water partition coefficient (Wildman–Crippen LogP) is 4.48. The van der Waals surface area contributed by atoms with E-state index >= 15 is 0 Å². The summed E-state index contributed by atoms with van der Waals surface area (Å²) in [5, 5.41) is 27.9. The number of nitro benzene ring substituents is 1. The van der Waals surface area contributed by atoms with Gasteiger partial charge in [-0.3, -0.25) is 10.1 Å². The zero-order valence-corrected chi connectivity index (χ0v) is 11.1. The molecule has 0 atom stereocenters. The molecular weight excluding hydrogens is 314 g/mol. The number of halogens is 1. The molecule has 0 aliphatic rings. The molecule has 0 bridgehead atoms. The van der Waals surface area contributed by atoms with Crippen molar-refractivity contribution in [2.45, 2.75) is 0 Å². The normalized spacial score (nSPS) is 10.8. The molecule has 0 aliphatic heterocycles. The van der Waals surface area contributed by atoms with Gasteiger partial charge in [0.1, 0.15) is 11.4 Å². The molecule has 0 aromatic heterocycles. The average Bonchev–Trinajstić information content (AvgIpc) is 2.40. The standard InChI is InChI=1S/C12H8BrN3O3/c13-8-4-5-12(17)11(6-8)15-14-9-2-1-3-10(7-9)16(18)19/h1-7,17H. The lowest BCUT2D eigenvalue weighted by molar-refractivity contribution is -0.384. The Kier molecular flexibility index (Phi) is 3.86. The highest BCUT2D eigenvalue weighted by Crippen LogP contribution is 2.31. The first-order valence-corrected chi connectivity index (χ1v) is 6.00. The summed E-state index contributed by atoms with van der Waals surface area (Å²) >= 11 is 3.25. The maximum absolute atomic E-state index is 10.6. The number of nitro groups is 1. The number of hydrogen-bond acceptors (Lipinski definition) is 5. The van der Waals surface area contributed by atoms with E-state index in [0.717, 1.165) is 4.47 Å². The Morgan fingerprint density at radius 1 is 1.16 bits per heavy atom. The fourth-order valence-corrected chi connectivity index (χ4v) is 1.71. The topological polar surface area (TPSA) is 88.1 Å². The summed E-state index contributed by atoms with van der Waals surface area (Å²) < 4.78 is 0.748. The van der Waals surface area contributed by atoms with Crippen LogP contribution < -0.4 is 0 Å². The Morgan fingerprint density at radius 2 is 1.95 bits per heavy atom. The number of aromatic hydroxyl groups is 1. The maximum atomic E-state index is 10.6. The number of non-ortho nitro benzene ring substituents is 1. The molecule has 0 saturated heterocycles. The van der Waals surface area contributed by atoms with E-state index in [1.165, 1.54) is 24.3 Å². The van der Waals surface area contributed by atoms with E-state index in [4.69, 9.17) is 0 Å². The van der Waals surface area contributed by atoms with Crippen molar-refractivity contribution >= 4 is 33.0 Å². The largest absolute Gasteiger partial charge is 0.506 e. The van der Waals surface area contributed by atoms with Gasteiger partial charge in [-0.05, 0) is 24.3 Å². The first-order chi connectivity index (χ1) is 9.06. The van der Waals surface area contributed by atoms with Gasteiger partial charge in [-0.1, -0.05) is 22.0 Å². The van der Waals surface area contributed by atoms with E-state index in [0.29, 0.717) is 5.69 Å². The molecular formula is C12H8BrN3O3. The quantitative estimate of drug-likeness (QED) is 0.513. The molecule has 6 nitrogen and oxygen atoms in total. The molecule has 0 fully saturated rings. The van der Waals surface area contributed by atoms with Gasteiger partial charge in [0.25, 0.3) is 5.69 Å². The number of phenols is 1. The van der Waals surface area contributed by atoms with Gasteiger partial charge in [-0.2, -0.15) is 5.11 Å². The van der Waals surface area contributed by atoms with Crippen molar-refractivity contribution in [2.24, 2.45) is 10.2 Å². The maximum Gasteiger partial charge on any atom is 0.271 e. The lowest BCUT2D eigenvalue weighted by Crippen LogP contribution is -1.85. The highest BCUT2D eigenvalue weighted by Gasteiger charge is 2.05. The second-order valence-electron chi connectivity index (χ2n) is 3.61. The molecule has 2 aromatic carbocycles. The molecule has 2 rings (SSSR count). The smallest absolute Gasteiger partial charge is 0.271 e. The van der Waals surface area contributed by atoms with Gasteiger partial charge in [0.15, 0.2) is 0 Å². The van der Waals surface area contributed by atoms with Crippen LogP contribution in [0, 0.1) is 10.1 Å². The van der Waals surface area contributed by atoms with Gasteiger partial charge in [0.2, 0.25) is 0 Å². The first kappa shape index (κ1) is 13.2. The molecule has 0 spiro atoms. The van der Waals surface area contributed by atoms with Crippen molar-refractivity contribution in [3.05, 3.63) is 57.1 Å². The van der Waals surface area contributed by atoms with E-state index in [1.807, 2.05) is 0 Å². The fraction of sp³-hybridized carbons (Fsp3) is 0. The highest BCUT2D eigenvalue weighted by molar-refractivity contribution is 9.10. The van der Waals surface area contributed by atoms with Crippen molar-refractivity contribution in [3.8, 4) is 5.75 Å². The number of phenolic OH excluding ortho intramolecular Hbond substituents is 1. The zero-order valence-electron chi connectivity index (χ0n) is 9.52. The van der Waals surface area contributed by atoms with Crippen LogP contribution in [0.1, 0.15) is 0 Å². The van der Waals surface area contributed by atoms with Gasteiger partial charge in [-0.25, -0.2) is 0 Å². The minimum Gasteiger partial charge on any atom is -0.506 e. The molecule has 0 unspecified atom stereocenters. The summed E-state index contributed by atoms with van der Waals surface area (Å²) in [6.07, 6.45) is 0. The number of benzene rings is 2. The molecule has 0 aliphatic carbocycles. The lowest BCUT2D eigenvalue weighted by Gasteiger charge is -1.98. The Hall–Kier alpha value is -2.28. The van der Waals surface area contributed by atoms with Gasteiger partial charge in [0.05, 0.1) is 10.6 Å². The van der Waals surface area contributed by atoms with Gasteiger partial charge in [-0.15, -0.1) is 5.11 Å². The van der Waals surface area contributed by atoms with Crippen LogP contribution in [0.2, 0.25) is 0 Å². The summed E-state index contributed by atoms with van der Waals surface area (Å²) in [7, 11) is 0.